The first-order valence-corrected chi connectivity index (χ1v) is 10.6. The van der Waals surface area contributed by atoms with Gasteiger partial charge in [0.2, 0.25) is 0 Å². The molecule has 0 radical (unpaired) electrons. The van der Waals surface area contributed by atoms with E-state index in [0.717, 1.165) is 11.1 Å². The van der Waals surface area contributed by atoms with E-state index in [4.69, 9.17) is 11.6 Å². The van der Waals surface area contributed by atoms with E-state index >= 15 is 0 Å². The number of rotatable bonds is 7. The molecule has 34 heavy (non-hydrogen) atoms. The van der Waals surface area contributed by atoms with Gasteiger partial charge in [-0.05, 0) is 42.2 Å². The van der Waals surface area contributed by atoms with Gasteiger partial charge in [-0.3, -0.25) is 9.59 Å². The van der Waals surface area contributed by atoms with Gasteiger partial charge in [-0.25, -0.2) is 4.79 Å². The fourth-order valence-corrected chi connectivity index (χ4v) is 3.72. The molecule has 2 atom stereocenters. The molecule has 8 nitrogen and oxygen atoms in total. The van der Waals surface area contributed by atoms with Crippen LogP contribution in [0.1, 0.15) is 36.1 Å². The van der Waals surface area contributed by atoms with Crippen LogP contribution < -0.4 is 45.3 Å². The van der Waals surface area contributed by atoms with E-state index in [1.54, 1.807) is 37.3 Å². The fourth-order valence-electron chi connectivity index (χ4n) is 3.60. The van der Waals surface area contributed by atoms with E-state index in [1.165, 1.54) is 18.1 Å². The van der Waals surface area contributed by atoms with Crippen molar-refractivity contribution in [3.63, 3.8) is 0 Å². The van der Waals surface area contributed by atoms with E-state index < -0.39 is 42.2 Å². The number of urea groups is 1. The van der Waals surface area contributed by atoms with Gasteiger partial charge in [0.15, 0.2) is 11.8 Å². The van der Waals surface area contributed by atoms with Crippen LogP contribution in [-0.4, -0.2) is 41.7 Å². The number of ketones is 1. The smallest absolute Gasteiger partial charge is 0.550 e. The number of carboxylic acid groups (broad SMARTS) is 1. The van der Waals surface area contributed by atoms with Gasteiger partial charge in [0.1, 0.15) is 0 Å². The zero-order chi connectivity index (χ0) is 24.1. The van der Waals surface area contributed by atoms with Gasteiger partial charge in [-0.2, -0.15) is 0 Å². The Balaban J connectivity index is 0.00000408. The zero-order valence-electron chi connectivity index (χ0n) is 19.1. The number of nitrogens with one attached hydrogen (secondary N) is 2. The van der Waals surface area contributed by atoms with Crippen LogP contribution in [0, 0.1) is 0 Å². The van der Waals surface area contributed by atoms with Crippen LogP contribution in [0.4, 0.5) is 4.79 Å². The van der Waals surface area contributed by atoms with Gasteiger partial charge in [-0.1, -0.05) is 48.0 Å². The normalized spacial score (nSPS) is 16.3. The predicted molar refractivity (Wildman–Crippen MR) is 120 cm³/mol. The van der Waals surface area contributed by atoms with Crippen LogP contribution in [0.5, 0.6) is 0 Å². The van der Waals surface area contributed by atoms with E-state index in [2.05, 4.69) is 10.6 Å². The van der Waals surface area contributed by atoms with Gasteiger partial charge in [0.05, 0.1) is 6.04 Å². The average molecular weight is 492 g/mol. The van der Waals surface area contributed by atoms with Gasteiger partial charge >= 0.3 is 35.6 Å². The fraction of sp³-hybridized carbons (Fsp3) is 0.250. The summed E-state index contributed by atoms with van der Waals surface area (Å²) in [6.45, 7) is 1.54. The summed E-state index contributed by atoms with van der Waals surface area (Å²) in [6, 6.07) is 11.4. The second-order valence-electron chi connectivity index (χ2n) is 7.85. The third-order valence-electron chi connectivity index (χ3n) is 5.26. The summed E-state index contributed by atoms with van der Waals surface area (Å²) in [7, 11) is 1.48. The molecule has 0 saturated carbocycles. The summed E-state index contributed by atoms with van der Waals surface area (Å²) in [5.41, 5.74) is 2.79. The van der Waals surface area contributed by atoms with Crippen LogP contribution in [0.3, 0.4) is 0 Å². The summed E-state index contributed by atoms with van der Waals surface area (Å²) in [6.07, 6.45) is 1.49. The summed E-state index contributed by atoms with van der Waals surface area (Å²) < 4.78 is 0. The first-order valence-electron chi connectivity index (χ1n) is 10.2. The molecule has 0 saturated heterocycles. The maximum atomic E-state index is 12.6. The van der Waals surface area contributed by atoms with Crippen molar-refractivity contribution in [2.75, 3.05) is 7.05 Å². The van der Waals surface area contributed by atoms with Crippen LogP contribution >= 0.6 is 11.6 Å². The van der Waals surface area contributed by atoms with E-state index in [0.29, 0.717) is 22.6 Å². The van der Waals surface area contributed by atoms with Crippen molar-refractivity contribution in [1.29, 1.82) is 0 Å². The second kappa shape index (κ2) is 12.2. The number of hydrogen-bond acceptors (Lipinski definition) is 5. The molecule has 0 aromatic heterocycles. The number of carbonyl (C=O) groups is 4. The van der Waals surface area contributed by atoms with Gasteiger partial charge in [0.25, 0.3) is 5.91 Å². The number of carboxylic acids is 1. The number of amides is 3. The quantitative estimate of drug-likeness (QED) is 0.370. The molecule has 10 heteroatoms. The molecule has 1 aliphatic rings. The molecule has 0 bridgehead atoms. The Bertz CT molecular complexity index is 1120. The van der Waals surface area contributed by atoms with Crippen molar-refractivity contribution < 1.29 is 53.8 Å². The number of carbonyl (C=O) groups excluding carboxylic acids is 4. The molecular formula is C24H23ClN3NaO5. The van der Waals surface area contributed by atoms with Gasteiger partial charge < -0.3 is 25.4 Å². The zero-order valence-corrected chi connectivity index (χ0v) is 21.9. The molecule has 3 amide bonds. The van der Waals surface area contributed by atoms with Crippen molar-refractivity contribution in [3.8, 4) is 0 Å². The Morgan fingerprint density at radius 3 is 2.44 bits per heavy atom. The molecule has 2 aromatic carbocycles. The molecular weight excluding hydrogens is 469 g/mol. The van der Waals surface area contributed by atoms with Crippen molar-refractivity contribution in [3.05, 3.63) is 82.0 Å². The molecule has 0 spiro atoms. The summed E-state index contributed by atoms with van der Waals surface area (Å²) in [5.74, 6) is -2.46. The maximum Gasteiger partial charge on any atom is 1.00 e. The van der Waals surface area contributed by atoms with E-state index in [1.807, 2.05) is 18.2 Å². The first-order chi connectivity index (χ1) is 15.6. The average Bonchev–Trinajstić information content (AvgIpc) is 2.76. The van der Waals surface area contributed by atoms with Crippen molar-refractivity contribution >= 4 is 35.3 Å². The number of halogens is 1. The minimum Gasteiger partial charge on any atom is -0.550 e. The summed E-state index contributed by atoms with van der Waals surface area (Å²) in [4.78, 5) is 49.8. The van der Waals surface area contributed by atoms with Crippen LogP contribution in [0.15, 0.2) is 60.3 Å². The second-order valence-corrected chi connectivity index (χ2v) is 8.29. The molecule has 2 unspecified atom stereocenters. The van der Waals surface area contributed by atoms with E-state index in [-0.39, 0.29) is 29.6 Å². The SMILES string of the molecule is CC1=CN(C)C(=O)C(NC(=O)NC(CC(=O)[O-])c2cccc(Cc3ccc(Cl)cc3)c2)C1=O.[Na+]. The Morgan fingerprint density at radius 2 is 1.79 bits per heavy atom. The molecule has 2 N–H and O–H groups in total. The molecule has 0 aliphatic carbocycles. The van der Waals surface area contributed by atoms with Crippen molar-refractivity contribution in [2.24, 2.45) is 0 Å². The minimum atomic E-state index is -1.38. The van der Waals surface area contributed by atoms with Gasteiger partial charge in [0, 0.05) is 36.2 Å². The Kier molecular flexibility index (Phi) is 9.88. The number of aliphatic carboxylic acids is 1. The molecule has 0 fully saturated rings. The Hall–Kier alpha value is -2.65. The number of Topliss-reactive ketones (excluding diaryl/α,β-unsaturated/α-hetero) is 1. The molecule has 172 valence electrons. The maximum absolute atomic E-state index is 12.6. The standard InChI is InChI=1S/C24H24ClN3O5.Na/c1-14-13-28(2)23(32)21(22(14)31)27-24(33)26-19(12-20(29)30)17-5-3-4-16(11-17)10-15-6-8-18(25)9-7-15;/h3-9,11,13,19,21H,10,12H2,1-2H3,(H,29,30)(H2,26,27,33);/q;+1/p-1. The molecule has 2 aromatic rings. The third kappa shape index (κ3) is 7.17. The van der Waals surface area contributed by atoms with Crippen LogP contribution in [0.25, 0.3) is 0 Å². The number of hydrogen-bond donors (Lipinski definition) is 2. The first kappa shape index (κ1) is 27.6. The third-order valence-corrected chi connectivity index (χ3v) is 5.51. The summed E-state index contributed by atoms with van der Waals surface area (Å²) >= 11 is 5.93. The topological polar surface area (TPSA) is 119 Å². The van der Waals surface area contributed by atoms with Crippen LogP contribution in [0.2, 0.25) is 5.02 Å². The molecule has 1 heterocycles. The number of nitrogens with zero attached hydrogens (tertiary/aromatic N) is 1. The largest absolute Gasteiger partial charge is 1.00 e. The minimum absolute atomic E-state index is 0. The number of benzene rings is 2. The number of likely N-dealkylation sites (N-methyl/N-ethyl adjacent to an activating group) is 1. The predicted octanol–water partition coefficient (Wildman–Crippen LogP) is -1.27. The van der Waals surface area contributed by atoms with Crippen molar-refractivity contribution in [1.82, 2.24) is 15.5 Å². The van der Waals surface area contributed by atoms with Gasteiger partial charge in [-0.15, -0.1) is 0 Å². The Morgan fingerprint density at radius 1 is 1.12 bits per heavy atom. The summed E-state index contributed by atoms with van der Waals surface area (Å²) in [5, 5.41) is 16.9. The molecule has 3 rings (SSSR count). The molecule has 1 aliphatic heterocycles. The Labute approximate surface area is 224 Å². The van der Waals surface area contributed by atoms with Crippen LogP contribution in [-0.2, 0) is 20.8 Å². The van der Waals surface area contributed by atoms with E-state index in [9.17, 15) is 24.3 Å². The monoisotopic (exact) mass is 491 g/mol. The van der Waals surface area contributed by atoms with Crippen molar-refractivity contribution in [2.45, 2.75) is 31.8 Å².